The lowest BCUT2D eigenvalue weighted by molar-refractivity contribution is 0.246. The van der Waals surface area contributed by atoms with Crippen molar-refractivity contribution in [3.63, 3.8) is 0 Å². The lowest BCUT2D eigenvalue weighted by Gasteiger charge is -2.36. The van der Waals surface area contributed by atoms with E-state index < -0.39 is 0 Å². The molecule has 0 unspecified atom stereocenters. The van der Waals surface area contributed by atoms with Crippen LogP contribution in [0.25, 0.3) is 11.0 Å². The number of aromatic hydroxyl groups is 1. The molecule has 1 saturated heterocycles. The van der Waals surface area contributed by atoms with Crippen LogP contribution >= 0.6 is 0 Å². The predicted octanol–water partition coefficient (Wildman–Crippen LogP) is 4.72. The van der Waals surface area contributed by atoms with Gasteiger partial charge in [0.25, 0.3) is 0 Å². The minimum Gasteiger partial charge on any atom is -0.507 e. The zero-order chi connectivity index (χ0) is 22.1. The van der Waals surface area contributed by atoms with E-state index >= 15 is 0 Å². The molecule has 32 heavy (non-hydrogen) atoms. The van der Waals surface area contributed by atoms with Crippen molar-refractivity contribution in [2.75, 3.05) is 31.1 Å². The average Bonchev–Trinajstić information content (AvgIpc) is 3.21. The number of rotatable bonds is 5. The quantitative estimate of drug-likeness (QED) is 0.492. The maximum Gasteiger partial charge on any atom is 0.175 e. The molecule has 1 aromatic heterocycles. The van der Waals surface area contributed by atoms with Crippen LogP contribution in [0.3, 0.4) is 0 Å². The Morgan fingerprint density at radius 2 is 1.66 bits per heavy atom. The minimum atomic E-state index is -0.276. The summed E-state index contributed by atoms with van der Waals surface area (Å²) in [5, 5.41) is 15.5. The van der Waals surface area contributed by atoms with Gasteiger partial charge in [-0.05, 0) is 48.0 Å². The van der Waals surface area contributed by atoms with Crippen LogP contribution in [0.5, 0.6) is 5.75 Å². The number of hydrogen-bond donors (Lipinski definition) is 1. The molecule has 0 saturated carbocycles. The molecule has 0 radical (unpaired) electrons. The van der Waals surface area contributed by atoms with Crippen molar-refractivity contribution in [3.8, 4) is 5.75 Å². The van der Waals surface area contributed by atoms with Crippen molar-refractivity contribution in [2.24, 2.45) is 0 Å². The molecule has 3 aromatic carbocycles. The highest BCUT2D eigenvalue weighted by Crippen LogP contribution is 2.32. The van der Waals surface area contributed by atoms with Crippen LogP contribution in [0.4, 0.5) is 14.5 Å². The Hall–Kier alpha value is -3.45. The van der Waals surface area contributed by atoms with Crippen molar-refractivity contribution in [1.82, 2.24) is 10.1 Å². The van der Waals surface area contributed by atoms with Gasteiger partial charge in [0.15, 0.2) is 5.58 Å². The Morgan fingerprint density at radius 3 is 2.41 bits per heavy atom. The molecule has 5 nitrogen and oxygen atoms in total. The standard InChI is InChI=1S/C25H23F2N3O2/c26-18-5-7-19(8-6-18)30-13-11-29(12-14-30)16-21-24(31)10-9-20-23(28-32-25(20)21)15-17-3-1-2-4-22(17)27/h1-10,31H,11-16H2. The van der Waals surface area contributed by atoms with Crippen LogP contribution in [0, 0.1) is 11.6 Å². The molecule has 0 spiro atoms. The van der Waals surface area contributed by atoms with Crippen LogP contribution < -0.4 is 4.90 Å². The van der Waals surface area contributed by atoms with E-state index in [-0.39, 0.29) is 17.4 Å². The van der Waals surface area contributed by atoms with E-state index in [9.17, 15) is 13.9 Å². The van der Waals surface area contributed by atoms with Crippen LogP contribution in [0.1, 0.15) is 16.8 Å². The number of aromatic nitrogens is 1. The second kappa shape index (κ2) is 8.59. The molecule has 0 bridgehead atoms. The van der Waals surface area contributed by atoms with E-state index in [1.807, 2.05) is 0 Å². The highest BCUT2D eigenvalue weighted by atomic mass is 19.1. The summed E-state index contributed by atoms with van der Waals surface area (Å²) in [5.41, 5.74) is 3.42. The van der Waals surface area contributed by atoms with Gasteiger partial charge in [0, 0.05) is 50.2 Å². The fourth-order valence-corrected chi connectivity index (χ4v) is 4.24. The van der Waals surface area contributed by atoms with Crippen molar-refractivity contribution in [1.29, 1.82) is 0 Å². The fraction of sp³-hybridized carbons (Fsp3) is 0.240. The van der Waals surface area contributed by atoms with Crippen LogP contribution in [0.2, 0.25) is 0 Å². The predicted molar refractivity (Wildman–Crippen MR) is 119 cm³/mol. The van der Waals surface area contributed by atoms with E-state index in [2.05, 4.69) is 15.0 Å². The van der Waals surface area contributed by atoms with E-state index in [0.717, 1.165) is 37.3 Å². The van der Waals surface area contributed by atoms with Gasteiger partial charge >= 0.3 is 0 Å². The normalized spacial score (nSPS) is 14.9. The summed E-state index contributed by atoms with van der Waals surface area (Å²) in [6.07, 6.45) is 0.320. The van der Waals surface area contributed by atoms with E-state index in [0.29, 0.717) is 35.4 Å². The summed E-state index contributed by atoms with van der Waals surface area (Å²) < 4.78 is 32.9. The van der Waals surface area contributed by atoms with Crippen molar-refractivity contribution in [3.05, 3.63) is 89.1 Å². The fourth-order valence-electron chi connectivity index (χ4n) is 4.24. The van der Waals surface area contributed by atoms with Gasteiger partial charge < -0.3 is 14.5 Å². The summed E-state index contributed by atoms with van der Waals surface area (Å²) >= 11 is 0. The molecule has 1 aliphatic rings. The first-order chi connectivity index (χ1) is 15.6. The molecule has 0 amide bonds. The summed E-state index contributed by atoms with van der Waals surface area (Å²) in [5.74, 6) is -0.355. The highest BCUT2D eigenvalue weighted by molar-refractivity contribution is 5.84. The van der Waals surface area contributed by atoms with Crippen molar-refractivity contribution < 1.29 is 18.4 Å². The first-order valence-electron chi connectivity index (χ1n) is 10.6. The summed E-state index contributed by atoms with van der Waals surface area (Å²) in [6, 6.07) is 16.6. The topological polar surface area (TPSA) is 52.7 Å². The number of piperazine rings is 1. The van der Waals surface area contributed by atoms with Gasteiger partial charge in [0.2, 0.25) is 0 Å². The molecule has 1 aliphatic heterocycles. The molecular formula is C25H23F2N3O2. The van der Waals surface area contributed by atoms with Gasteiger partial charge in [-0.15, -0.1) is 0 Å². The summed E-state index contributed by atoms with van der Waals surface area (Å²) in [4.78, 5) is 4.46. The molecule has 1 N–H and O–H groups in total. The van der Waals surface area contributed by atoms with Crippen LogP contribution in [0.15, 0.2) is 65.2 Å². The first-order valence-corrected chi connectivity index (χ1v) is 10.6. The lowest BCUT2D eigenvalue weighted by atomic mass is 10.0. The second-order valence-corrected chi connectivity index (χ2v) is 8.08. The number of hydrogen-bond acceptors (Lipinski definition) is 5. The number of phenols is 1. The molecule has 164 valence electrons. The molecule has 4 aromatic rings. The molecular weight excluding hydrogens is 412 g/mol. The Balaban J connectivity index is 1.32. The number of fused-ring (bicyclic) bond motifs is 1. The number of benzene rings is 3. The smallest absolute Gasteiger partial charge is 0.175 e. The van der Waals surface area contributed by atoms with Gasteiger partial charge in [-0.25, -0.2) is 8.78 Å². The second-order valence-electron chi connectivity index (χ2n) is 8.08. The number of halogens is 2. The minimum absolute atomic E-state index is 0.159. The Labute approximate surface area is 184 Å². The maximum atomic E-state index is 14.1. The number of nitrogens with zero attached hydrogens (tertiary/aromatic N) is 3. The van der Waals surface area contributed by atoms with Gasteiger partial charge in [0.05, 0.1) is 11.3 Å². The largest absolute Gasteiger partial charge is 0.507 e. The monoisotopic (exact) mass is 435 g/mol. The number of phenolic OH excluding ortho intramolecular Hbond substituents is 1. The van der Waals surface area contributed by atoms with Crippen molar-refractivity contribution >= 4 is 16.7 Å². The third kappa shape index (κ3) is 4.03. The molecule has 7 heteroatoms. The molecule has 5 rings (SSSR count). The van der Waals surface area contributed by atoms with E-state index in [1.165, 1.54) is 18.2 Å². The third-order valence-electron chi connectivity index (χ3n) is 6.06. The van der Waals surface area contributed by atoms with E-state index in [4.69, 9.17) is 4.52 Å². The number of anilines is 1. The molecule has 2 heterocycles. The van der Waals surface area contributed by atoms with E-state index in [1.54, 1.807) is 42.5 Å². The molecule has 0 aliphatic carbocycles. The van der Waals surface area contributed by atoms with Gasteiger partial charge in [-0.2, -0.15) is 0 Å². The van der Waals surface area contributed by atoms with Gasteiger partial charge in [-0.1, -0.05) is 23.4 Å². The van der Waals surface area contributed by atoms with Gasteiger partial charge in [-0.3, -0.25) is 4.90 Å². The van der Waals surface area contributed by atoms with Crippen LogP contribution in [-0.2, 0) is 13.0 Å². The third-order valence-corrected chi connectivity index (χ3v) is 6.06. The Bertz CT molecular complexity index is 1230. The van der Waals surface area contributed by atoms with Gasteiger partial charge in [0.1, 0.15) is 17.4 Å². The van der Waals surface area contributed by atoms with Crippen LogP contribution in [-0.4, -0.2) is 41.3 Å². The summed E-state index contributed by atoms with van der Waals surface area (Å²) in [7, 11) is 0. The van der Waals surface area contributed by atoms with Crippen molar-refractivity contribution in [2.45, 2.75) is 13.0 Å². The zero-order valence-electron chi connectivity index (χ0n) is 17.5. The maximum absolute atomic E-state index is 14.1. The SMILES string of the molecule is Oc1ccc2c(Cc3ccccc3F)noc2c1CN1CCN(c2ccc(F)cc2)CC1. The average molecular weight is 435 g/mol. The Morgan fingerprint density at radius 1 is 0.906 bits per heavy atom. The highest BCUT2D eigenvalue weighted by Gasteiger charge is 2.22. The lowest BCUT2D eigenvalue weighted by Crippen LogP contribution is -2.46. The zero-order valence-corrected chi connectivity index (χ0v) is 17.5. The molecule has 1 fully saturated rings. The summed E-state index contributed by atoms with van der Waals surface area (Å²) in [6.45, 7) is 3.72. The molecule has 0 atom stereocenters. The first kappa shape index (κ1) is 20.5. The Kier molecular flexibility index (Phi) is 5.49.